The zero-order valence-corrected chi connectivity index (χ0v) is 16.9. The number of thiophene rings is 1. The number of benzene rings is 1. The topological polar surface area (TPSA) is 206 Å². The molecule has 0 aliphatic rings. The molecule has 0 aliphatic carbocycles. The van der Waals surface area contributed by atoms with Crippen LogP contribution in [0, 0.1) is 0 Å². The number of rotatable bonds is 6. The third-order valence-corrected chi connectivity index (χ3v) is 4.87. The standard InChI is InChI=1S/C18H18N12S/c19-14-25-12(26-15(20)27-14)7-11-5-6-13(31-11)23-8-9-1-3-10(4-2-9)24-18-29-16(21)28-17(22)30-18/h1-6,8H,7H2,(H4,19,20,25,26,27)(H5,21,22,24,28,29,30). The summed E-state index contributed by atoms with van der Waals surface area (Å²) in [5, 5.41) is 3.87. The molecule has 0 bridgehead atoms. The van der Waals surface area contributed by atoms with Gasteiger partial charge < -0.3 is 28.3 Å². The monoisotopic (exact) mass is 434 g/mol. The number of nitrogen functional groups attached to an aromatic ring is 4. The van der Waals surface area contributed by atoms with Gasteiger partial charge in [-0.15, -0.1) is 11.3 Å². The van der Waals surface area contributed by atoms with Crippen molar-refractivity contribution in [1.82, 2.24) is 29.9 Å². The highest BCUT2D eigenvalue weighted by Gasteiger charge is 2.06. The molecule has 12 nitrogen and oxygen atoms in total. The molecule has 0 atom stereocenters. The van der Waals surface area contributed by atoms with Crippen LogP contribution in [0.15, 0.2) is 41.4 Å². The summed E-state index contributed by atoms with van der Waals surface area (Å²) in [6.07, 6.45) is 2.28. The maximum Gasteiger partial charge on any atom is 0.233 e. The van der Waals surface area contributed by atoms with Crippen molar-refractivity contribution in [3.05, 3.63) is 52.7 Å². The number of aliphatic imine (C=N–C) groups is 1. The molecule has 3 aromatic heterocycles. The van der Waals surface area contributed by atoms with Crippen LogP contribution in [-0.4, -0.2) is 36.1 Å². The second kappa shape index (κ2) is 8.54. The van der Waals surface area contributed by atoms with Crippen LogP contribution in [0.2, 0.25) is 0 Å². The number of anilines is 6. The van der Waals surface area contributed by atoms with Crippen molar-refractivity contribution in [2.24, 2.45) is 4.99 Å². The lowest BCUT2D eigenvalue weighted by Gasteiger charge is -2.05. The Hall–Kier alpha value is -4.39. The zero-order chi connectivity index (χ0) is 21.8. The van der Waals surface area contributed by atoms with E-state index < -0.39 is 0 Å². The van der Waals surface area contributed by atoms with Crippen LogP contribution in [0.25, 0.3) is 0 Å². The second-order valence-electron chi connectivity index (χ2n) is 6.27. The van der Waals surface area contributed by atoms with E-state index in [0.717, 1.165) is 21.1 Å². The molecule has 4 rings (SSSR count). The van der Waals surface area contributed by atoms with Crippen molar-refractivity contribution in [3.8, 4) is 0 Å². The molecule has 156 valence electrons. The van der Waals surface area contributed by atoms with Crippen LogP contribution in [0.3, 0.4) is 0 Å². The van der Waals surface area contributed by atoms with Gasteiger partial charge in [-0.1, -0.05) is 12.1 Å². The Morgan fingerprint density at radius 2 is 1.39 bits per heavy atom. The Morgan fingerprint density at radius 1 is 0.774 bits per heavy atom. The van der Waals surface area contributed by atoms with E-state index in [2.05, 4.69) is 40.2 Å². The minimum Gasteiger partial charge on any atom is -0.368 e. The Labute approximate surface area is 180 Å². The van der Waals surface area contributed by atoms with E-state index in [-0.39, 0.29) is 29.7 Å². The van der Waals surface area contributed by atoms with Crippen LogP contribution in [-0.2, 0) is 6.42 Å². The summed E-state index contributed by atoms with van der Waals surface area (Å²) < 4.78 is 0. The zero-order valence-electron chi connectivity index (χ0n) is 16.1. The SMILES string of the molecule is Nc1nc(N)nc(Cc2ccc(N=Cc3ccc(Nc4nc(N)nc(N)n4)cc3)s2)n1. The van der Waals surface area contributed by atoms with Crippen molar-refractivity contribution in [1.29, 1.82) is 0 Å². The summed E-state index contributed by atoms with van der Waals surface area (Å²) in [4.78, 5) is 29.2. The Bertz CT molecular complexity index is 1190. The maximum atomic E-state index is 5.61. The van der Waals surface area contributed by atoms with Crippen molar-refractivity contribution >= 4 is 58.0 Å². The van der Waals surface area contributed by atoms with Gasteiger partial charge in [0.15, 0.2) is 0 Å². The molecule has 0 amide bonds. The van der Waals surface area contributed by atoms with Gasteiger partial charge in [-0.25, -0.2) is 4.99 Å². The molecule has 3 heterocycles. The molecular weight excluding hydrogens is 416 g/mol. The van der Waals surface area contributed by atoms with E-state index in [9.17, 15) is 0 Å². The highest BCUT2D eigenvalue weighted by Crippen LogP contribution is 2.26. The largest absolute Gasteiger partial charge is 0.368 e. The van der Waals surface area contributed by atoms with Crippen LogP contribution < -0.4 is 28.3 Å². The predicted molar refractivity (Wildman–Crippen MR) is 121 cm³/mol. The van der Waals surface area contributed by atoms with Crippen LogP contribution >= 0.6 is 11.3 Å². The molecule has 13 heteroatoms. The van der Waals surface area contributed by atoms with Gasteiger partial charge in [0, 0.05) is 23.2 Å². The van der Waals surface area contributed by atoms with Gasteiger partial charge >= 0.3 is 0 Å². The molecule has 4 aromatic rings. The van der Waals surface area contributed by atoms with E-state index in [1.54, 1.807) is 6.21 Å². The first-order chi connectivity index (χ1) is 14.9. The van der Waals surface area contributed by atoms with Crippen molar-refractivity contribution in [2.45, 2.75) is 6.42 Å². The number of aromatic nitrogens is 6. The Balaban J connectivity index is 1.39. The average Bonchev–Trinajstić information content (AvgIpc) is 3.13. The molecule has 0 fully saturated rings. The number of nitrogens with two attached hydrogens (primary N) is 4. The van der Waals surface area contributed by atoms with Crippen LogP contribution in [0.4, 0.5) is 40.4 Å². The highest BCUT2D eigenvalue weighted by atomic mass is 32.1. The molecule has 0 saturated heterocycles. The molecule has 31 heavy (non-hydrogen) atoms. The molecule has 1 aromatic carbocycles. The number of nitrogens with one attached hydrogen (secondary N) is 1. The van der Waals surface area contributed by atoms with Crippen LogP contribution in [0.5, 0.6) is 0 Å². The maximum absolute atomic E-state index is 5.61. The summed E-state index contributed by atoms with van der Waals surface area (Å²) in [7, 11) is 0. The second-order valence-corrected chi connectivity index (χ2v) is 7.41. The van der Waals surface area contributed by atoms with E-state index in [1.165, 1.54) is 11.3 Å². The molecular formula is C18H18N12S. The lowest BCUT2D eigenvalue weighted by molar-refractivity contribution is 0.949. The molecule has 0 radical (unpaired) electrons. The normalized spacial score (nSPS) is 11.1. The summed E-state index contributed by atoms with van der Waals surface area (Å²) in [6.45, 7) is 0. The summed E-state index contributed by atoms with van der Waals surface area (Å²) >= 11 is 1.53. The predicted octanol–water partition coefficient (Wildman–Crippen LogP) is 1.53. The highest BCUT2D eigenvalue weighted by molar-refractivity contribution is 7.15. The average molecular weight is 434 g/mol. The van der Waals surface area contributed by atoms with E-state index >= 15 is 0 Å². The first-order valence-electron chi connectivity index (χ1n) is 8.96. The molecule has 0 unspecified atom stereocenters. The lowest BCUT2D eigenvalue weighted by Crippen LogP contribution is -2.06. The van der Waals surface area contributed by atoms with E-state index in [4.69, 9.17) is 22.9 Å². The minimum atomic E-state index is 0.0523. The molecule has 0 aliphatic heterocycles. The van der Waals surface area contributed by atoms with Gasteiger partial charge in [0.2, 0.25) is 29.7 Å². The Morgan fingerprint density at radius 3 is 2.03 bits per heavy atom. The van der Waals surface area contributed by atoms with Gasteiger partial charge in [-0.3, -0.25) is 0 Å². The van der Waals surface area contributed by atoms with Crippen molar-refractivity contribution in [2.75, 3.05) is 28.3 Å². The van der Waals surface area contributed by atoms with Gasteiger partial charge in [0.25, 0.3) is 0 Å². The molecule has 0 saturated carbocycles. The van der Waals surface area contributed by atoms with E-state index in [1.807, 2.05) is 36.4 Å². The van der Waals surface area contributed by atoms with Gasteiger partial charge in [0.05, 0.1) is 0 Å². The van der Waals surface area contributed by atoms with E-state index in [0.29, 0.717) is 12.2 Å². The summed E-state index contributed by atoms with van der Waals surface area (Å²) in [5.41, 5.74) is 24.1. The first-order valence-corrected chi connectivity index (χ1v) is 9.77. The fourth-order valence-electron chi connectivity index (χ4n) is 2.61. The first kappa shape index (κ1) is 19.9. The quantitative estimate of drug-likeness (QED) is 0.275. The molecule has 9 N–H and O–H groups in total. The van der Waals surface area contributed by atoms with Gasteiger partial charge in [-0.2, -0.15) is 29.9 Å². The van der Waals surface area contributed by atoms with Crippen molar-refractivity contribution < 1.29 is 0 Å². The summed E-state index contributed by atoms with van der Waals surface area (Å²) in [5.74, 6) is 1.12. The van der Waals surface area contributed by atoms with Crippen LogP contribution in [0.1, 0.15) is 16.3 Å². The summed E-state index contributed by atoms with van der Waals surface area (Å²) in [6, 6.07) is 11.4. The smallest absolute Gasteiger partial charge is 0.233 e. The number of hydrogen-bond donors (Lipinski definition) is 5. The molecule has 0 spiro atoms. The van der Waals surface area contributed by atoms with Gasteiger partial charge in [0.1, 0.15) is 10.8 Å². The fourth-order valence-corrected chi connectivity index (χ4v) is 3.46. The third-order valence-electron chi connectivity index (χ3n) is 3.87. The number of hydrogen-bond acceptors (Lipinski definition) is 13. The third kappa shape index (κ3) is 5.36. The Kier molecular flexibility index (Phi) is 5.49. The fraction of sp³-hybridized carbons (Fsp3) is 0.0556. The number of nitrogens with zero attached hydrogens (tertiary/aromatic N) is 7. The van der Waals surface area contributed by atoms with Gasteiger partial charge in [-0.05, 0) is 29.8 Å². The lowest BCUT2D eigenvalue weighted by atomic mass is 10.2. The van der Waals surface area contributed by atoms with Crippen molar-refractivity contribution in [3.63, 3.8) is 0 Å². The minimum absolute atomic E-state index is 0.0523.